The van der Waals surface area contributed by atoms with Crippen LogP contribution in [0.1, 0.15) is 64.8 Å². The molecule has 1 saturated heterocycles. The molecule has 1 atom stereocenters. The molecule has 0 aromatic heterocycles. The van der Waals surface area contributed by atoms with Crippen LogP contribution in [0.2, 0.25) is 0 Å². The molecule has 1 N–H and O–H groups in total. The Morgan fingerprint density at radius 1 is 1.06 bits per heavy atom. The number of carbonyl (C=O) groups excluding carboxylic acids is 1. The third-order valence-electron chi connectivity index (χ3n) is 6.53. The molecule has 0 saturated carbocycles. The number of benzene rings is 2. The lowest BCUT2D eigenvalue weighted by molar-refractivity contribution is 0.0730. The average Bonchev–Trinajstić information content (AvgIpc) is 2.82. The van der Waals surface area contributed by atoms with Crippen LogP contribution < -0.4 is 5.32 Å². The summed E-state index contributed by atoms with van der Waals surface area (Å²) in [5.41, 5.74) is 4.90. The molecule has 0 radical (unpaired) electrons. The van der Waals surface area contributed by atoms with Gasteiger partial charge in [-0.2, -0.15) is 4.31 Å². The number of nitrogens with zero attached hydrogens (tertiary/aromatic N) is 1. The molecule has 0 unspecified atom stereocenters. The largest absolute Gasteiger partial charge is 0.379 e. The molecule has 1 aliphatic heterocycles. The van der Waals surface area contributed by atoms with Crippen molar-refractivity contribution in [2.24, 2.45) is 0 Å². The van der Waals surface area contributed by atoms with E-state index in [4.69, 9.17) is 4.74 Å². The normalized spacial score (nSPS) is 18.1. The predicted octanol–water partition coefficient (Wildman–Crippen LogP) is 3.78. The predicted molar refractivity (Wildman–Crippen MR) is 124 cm³/mol. The first kappa shape index (κ1) is 23.0. The second kappa shape index (κ2) is 9.73. The Balaban J connectivity index is 1.56. The first-order chi connectivity index (χ1) is 15.4. The Kier molecular flexibility index (Phi) is 6.98. The van der Waals surface area contributed by atoms with Gasteiger partial charge >= 0.3 is 0 Å². The van der Waals surface area contributed by atoms with E-state index >= 15 is 0 Å². The van der Waals surface area contributed by atoms with Crippen LogP contribution in [0.25, 0.3) is 0 Å². The van der Waals surface area contributed by atoms with E-state index in [0.29, 0.717) is 37.4 Å². The number of sulfonamides is 1. The van der Waals surface area contributed by atoms with E-state index in [9.17, 15) is 13.2 Å². The van der Waals surface area contributed by atoms with Crippen molar-refractivity contribution in [3.63, 3.8) is 0 Å². The quantitative estimate of drug-likeness (QED) is 0.718. The number of ether oxygens (including phenoxy) is 1. The lowest BCUT2D eigenvalue weighted by atomic mass is 9.88. The summed E-state index contributed by atoms with van der Waals surface area (Å²) in [6.45, 7) is 5.24. The van der Waals surface area contributed by atoms with E-state index in [-0.39, 0.29) is 16.8 Å². The summed E-state index contributed by atoms with van der Waals surface area (Å²) in [6, 6.07) is 11.3. The minimum Gasteiger partial charge on any atom is -0.379 e. The standard InChI is InChI=1S/C25H32N2O4S/c1-3-23(21-11-10-19-6-4-5-7-20(19)16-21)26-25(28)22-9-8-18(2)24(17-22)32(29,30)27-12-14-31-15-13-27/h8-11,16-17,23H,3-7,12-15H2,1-2H3,(H,26,28)/t23-/m0/s1. The van der Waals surface area contributed by atoms with Crippen LogP contribution in [-0.4, -0.2) is 44.9 Å². The van der Waals surface area contributed by atoms with Crippen molar-refractivity contribution < 1.29 is 17.9 Å². The van der Waals surface area contributed by atoms with Crippen molar-refractivity contribution in [3.05, 3.63) is 64.2 Å². The number of aryl methyl sites for hydroxylation is 3. The van der Waals surface area contributed by atoms with E-state index in [1.54, 1.807) is 19.1 Å². The maximum Gasteiger partial charge on any atom is 0.251 e. The molecule has 1 fully saturated rings. The topological polar surface area (TPSA) is 75.7 Å². The van der Waals surface area contributed by atoms with Gasteiger partial charge in [-0.05, 0) is 73.4 Å². The lowest BCUT2D eigenvalue weighted by Gasteiger charge is -2.27. The van der Waals surface area contributed by atoms with E-state index in [2.05, 4.69) is 23.5 Å². The zero-order valence-corrected chi connectivity index (χ0v) is 19.7. The second-order valence-corrected chi connectivity index (χ2v) is 10.6. The molecule has 6 nitrogen and oxygen atoms in total. The smallest absolute Gasteiger partial charge is 0.251 e. The van der Waals surface area contributed by atoms with E-state index in [1.165, 1.54) is 34.3 Å². The summed E-state index contributed by atoms with van der Waals surface area (Å²) in [5, 5.41) is 3.12. The zero-order chi connectivity index (χ0) is 22.7. The molecule has 7 heteroatoms. The van der Waals surface area contributed by atoms with Crippen molar-refractivity contribution in [1.82, 2.24) is 9.62 Å². The number of hydrogen-bond donors (Lipinski definition) is 1. The molecule has 1 amide bonds. The van der Waals surface area contributed by atoms with Crippen LogP contribution in [0.3, 0.4) is 0 Å². The molecule has 1 heterocycles. The van der Waals surface area contributed by atoms with Gasteiger partial charge in [-0.3, -0.25) is 4.79 Å². The Hall–Kier alpha value is -2.22. The molecule has 2 aromatic carbocycles. The van der Waals surface area contributed by atoms with Crippen LogP contribution in [0, 0.1) is 6.92 Å². The highest BCUT2D eigenvalue weighted by molar-refractivity contribution is 7.89. The first-order valence-electron chi connectivity index (χ1n) is 11.5. The lowest BCUT2D eigenvalue weighted by Crippen LogP contribution is -2.41. The third kappa shape index (κ3) is 4.75. The molecule has 0 bridgehead atoms. The van der Waals surface area contributed by atoms with E-state index in [0.717, 1.165) is 24.8 Å². The van der Waals surface area contributed by atoms with Gasteiger partial charge < -0.3 is 10.1 Å². The Bertz CT molecular complexity index is 1090. The van der Waals surface area contributed by atoms with Crippen LogP contribution in [-0.2, 0) is 27.6 Å². The second-order valence-electron chi connectivity index (χ2n) is 8.67. The number of carbonyl (C=O) groups is 1. The van der Waals surface area contributed by atoms with Crippen LogP contribution in [0.5, 0.6) is 0 Å². The summed E-state index contributed by atoms with van der Waals surface area (Å²) >= 11 is 0. The first-order valence-corrected chi connectivity index (χ1v) is 12.9. The van der Waals surface area contributed by atoms with Crippen molar-refractivity contribution in [2.45, 2.75) is 56.9 Å². The third-order valence-corrected chi connectivity index (χ3v) is 8.57. The minimum atomic E-state index is -3.67. The molecular formula is C25H32N2O4S. The fraction of sp³-hybridized carbons (Fsp3) is 0.480. The van der Waals surface area contributed by atoms with Gasteiger partial charge in [0.1, 0.15) is 0 Å². The van der Waals surface area contributed by atoms with E-state index in [1.807, 2.05) is 6.92 Å². The summed E-state index contributed by atoms with van der Waals surface area (Å²) in [6.07, 6.45) is 5.43. The van der Waals surface area contributed by atoms with Crippen LogP contribution >= 0.6 is 0 Å². The number of nitrogens with one attached hydrogen (secondary N) is 1. The molecule has 0 spiro atoms. The fourth-order valence-corrected chi connectivity index (χ4v) is 6.24. The van der Waals surface area contributed by atoms with Gasteiger partial charge in [-0.1, -0.05) is 31.2 Å². The zero-order valence-electron chi connectivity index (χ0n) is 18.9. The summed E-state index contributed by atoms with van der Waals surface area (Å²) in [5.74, 6) is -0.256. The SMILES string of the molecule is CC[C@H](NC(=O)c1ccc(C)c(S(=O)(=O)N2CCOCC2)c1)c1ccc2c(c1)CCCC2. The highest BCUT2D eigenvalue weighted by atomic mass is 32.2. The van der Waals surface area contributed by atoms with Crippen LogP contribution in [0.15, 0.2) is 41.3 Å². The maximum atomic E-state index is 13.2. The van der Waals surface area contributed by atoms with Crippen molar-refractivity contribution in [1.29, 1.82) is 0 Å². The number of amides is 1. The fourth-order valence-electron chi connectivity index (χ4n) is 4.58. The van der Waals surface area contributed by atoms with Gasteiger partial charge in [0, 0.05) is 18.7 Å². The van der Waals surface area contributed by atoms with E-state index < -0.39 is 10.0 Å². The van der Waals surface area contributed by atoms with Crippen molar-refractivity contribution >= 4 is 15.9 Å². The van der Waals surface area contributed by atoms with Gasteiger partial charge in [0.25, 0.3) is 5.91 Å². The average molecular weight is 457 g/mol. The van der Waals surface area contributed by atoms with Gasteiger partial charge in [-0.15, -0.1) is 0 Å². The number of hydrogen-bond acceptors (Lipinski definition) is 4. The molecular weight excluding hydrogens is 424 g/mol. The van der Waals surface area contributed by atoms with Gasteiger partial charge in [-0.25, -0.2) is 8.42 Å². The Morgan fingerprint density at radius 3 is 2.50 bits per heavy atom. The summed E-state index contributed by atoms with van der Waals surface area (Å²) in [4.78, 5) is 13.3. The minimum absolute atomic E-state index is 0.115. The molecule has 4 rings (SSSR count). The van der Waals surface area contributed by atoms with Crippen molar-refractivity contribution in [3.8, 4) is 0 Å². The maximum absolute atomic E-state index is 13.2. The molecule has 32 heavy (non-hydrogen) atoms. The monoisotopic (exact) mass is 456 g/mol. The number of rotatable bonds is 6. The van der Waals surface area contributed by atoms with Gasteiger partial charge in [0.2, 0.25) is 10.0 Å². The highest BCUT2D eigenvalue weighted by Crippen LogP contribution is 2.27. The van der Waals surface area contributed by atoms with Crippen molar-refractivity contribution in [2.75, 3.05) is 26.3 Å². The molecule has 2 aromatic rings. The number of fused-ring (bicyclic) bond motifs is 1. The highest BCUT2D eigenvalue weighted by Gasteiger charge is 2.28. The molecule has 172 valence electrons. The number of morpholine rings is 1. The van der Waals surface area contributed by atoms with Gasteiger partial charge in [0.15, 0.2) is 0 Å². The molecule has 1 aliphatic carbocycles. The summed E-state index contributed by atoms with van der Waals surface area (Å²) in [7, 11) is -3.67. The van der Waals surface area contributed by atoms with Gasteiger partial charge in [0.05, 0.1) is 24.2 Å². The van der Waals surface area contributed by atoms with Crippen LogP contribution in [0.4, 0.5) is 0 Å². The summed E-state index contributed by atoms with van der Waals surface area (Å²) < 4.78 is 33.0. The Morgan fingerprint density at radius 2 is 1.78 bits per heavy atom. The molecule has 2 aliphatic rings. The Labute approximate surface area is 191 Å².